The minimum Gasteiger partial charge on any atom is -0.342 e. The predicted molar refractivity (Wildman–Crippen MR) is 56.9 cm³/mol. The van der Waals surface area contributed by atoms with Crippen LogP contribution in [-0.2, 0) is 0 Å². The number of hydrogen-bond donors (Lipinski definition) is 1. The van der Waals surface area contributed by atoms with Crippen LogP contribution in [0.4, 0.5) is 13.2 Å². The molecular weight excluding hydrogens is 255 g/mol. The van der Waals surface area contributed by atoms with Gasteiger partial charge in [-0.25, -0.2) is 9.97 Å². The van der Waals surface area contributed by atoms with Gasteiger partial charge < -0.3 is 5.32 Å². The SMILES string of the molecule is CSc1cc(C(=O)NCC(F)(F)F)nc(C)n1. The molecule has 0 spiro atoms. The van der Waals surface area contributed by atoms with Gasteiger partial charge in [-0.2, -0.15) is 13.2 Å². The van der Waals surface area contributed by atoms with Crippen LogP contribution in [0, 0.1) is 6.92 Å². The average molecular weight is 265 g/mol. The molecule has 17 heavy (non-hydrogen) atoms. The second-order valence-electron chi connectivity index (χ2n) is 3.14. The van der Waals surface area contributed by atoms with Crippen LogP contribution in [0.1, 0.15) is 16.3 Å². The summed E-state index contributed by atoms with van der Waals surface area (Å²) < 4.78 is 35.7. The Morgan fingerprint density at radius 1 is 1.47 bits per heavy atom. The number of aromatic nitrogens is 2. The summed E-state index contributed by atoms with van der Waals surface area (Å²) in [6.45, 7) is 0.198. The lowest BCUT2D eigenvalue weighted by Gasteiger charge is -2.08. The second kappa shape index (κ2) is 5.35. The van der Waals surface area contributed by atoms with E-state index in [4.69, 9.17) is 0 Å². The van der Waals surface area contributed by atoms with E-state index >= 15 is 0 Å². The number of alkyl halides is 3. The quantitative estimate of drug-likeness (QED) is 0.669. The Hall–Kier alpha value is -1.31. The van der Waals surface area contributed by atoms with Gasteiger partial charge in [0.2, 0.25) is 0 Å². The molecule has 1 amide bonds. The zero-order chi connectivity index (χ0) is 13.1. The number of aryl methyl sites for hydroxylation is 1. The number of thioether (sulfide) groups is 1. The van der Waals surface area contributed by atoms with Crippen LogP contribution in [0.25, 0.3) is 0 Å². The van der Waals surface area contributed by atoms with Gasteiger partial charge in [0, 0.05) is 6.07 Å². The van der Waals surface area contributed by atoms with Gasteiger partial charge in [0.15, 0.2) is 0 Å². The maximum Gasteiger partial charge on any atom is 0.405 e. The number of amides is 1. The molecule has 1 aromatic rings. The molecule has 0 fully saturated rings. The van der Waals surface area contributed by atoms with Crippen molar-refractivity contribution in [3.05, 3.63) is 17.6 Å². The highest BCUT2D eigenvalue weighted by molar-refractivity contribution is 7.98. The fourth-order valence-electron chi connectivity index (χ4n) is 1.03. The Morgan fingerprint density at radius 3 is 2.65 bits per heavy atom. The van der Waals surface area contributed by atoms with E-state index in [9.17, 15) is 18.0 Å². The van der Waals surface area contributed by atoms with Gasteiger partial charge in [0.1, 0.15) is 23.1 Å². The number of hydrogen-bond acceptors (Lipinski definition) is 4. The van der Waals surface area contributed by atoms with Gasteiger partial charge in [-0.05, 0) is 13.2 Å². The first-order valence-electron chi connectivity index (χ1n) is 4.56. The third-order valence-electron chi connectivity index (χ3n) is 1.71. The molecule has 0 aliphatic heterocycles. The fraction of sp³-hybridized carbons (Fsp3) is 0.444. The number of nitrogens with zero attached hydrogens (tertiary/aromatic N) is 2. The molecule has 0 aliphatic rings. The molecular formula is C9H10F3N3OS. The van der Waals surface area contributed by atoms with Crippen molar-refractivity contribution in [2.45, 2.75) is 18.1 Å². The van der Waals surface area contributed by atoms with E-state index in [1.807, 2.05) is 0 Å². The van der Waals surface area contributed by atoms with Gasteiger partial charge in [-0.1, -0.05) is 0 Å². The first-order chi connectivity index (χ1) is 7.81. The first-order valence-corrected chi connectivity index (χ1v) is 5.79. The van der Waals surface area contributed by atoms with E-state index in [1.165, 1.54) is 17.8 Å². The van der Waals surface area contributed by atoms with Crippen molar-refractivity contribution >= 4 is 17.7 Å². The molecule has 94 valence electrons. The molecule has 0 unspecified atom stereocenters. The minimum atomic E-state index is -4.43. The molecule has 4 nitrogen and oxygen atoms in total. The molecule has 0 bridgehead atoms. The summed E-state index contributed by atoms with van der Waals surface area (Å²) >= 11 is 1.28. The number of halogens is 3. The number of carbonyl (C=O) groups excluding carboxylic acids is 1. The molecule has 1 aromatic heterocycles. The summed E-state index contributed by atoms with van der Waals surface area (Å²) in [5.41, 5.74) is -0.0638. The van der Waals surface area contributed by atoms with E-state index in [0.29, 0.717) is 10.9 Å². The van der Waals surface area contributed by atoms with Crippen molar-refractivity contribution < 1.29 is 18.0 Å². The summed E-state index contributed by atoms with van der Waals surface area (Å²) in [4.78, 5) is 19.2. The van der Waals surface area contributed by atoms with E-state index < -0.39 is 18.6 Å². The molecule has 0 aromatic carbocycles. The largest absolute Gasteiger partial charge is 0.405 e. The molecule has 1 N–H and O–H groups in total. The summed E-state index contributed by atoms with van der Waals surface area (Å²) in [5.74, 6) is -0.517. The van der Waals surface area contributed by atoms with Crippen LogP contribution in [-0.4, -0.2) is 34.9 Å². The van der Waals surface area contributed by atoms with Crippen molar-refractivity contribution in [3.63, 3.8) is 0 Å². The third kappa shape index (κ3) is 4.59. The summed E-state index contributed by atoms with van der Waals surface area (Å²) in [5, 5.41) is 2.29. The molecule has 0 saturated carbocycles. The third-order valence-corrected chi connectivity index (χ3v) is 2.33. The van der Waals surface area contributed by atoms with Crippen LogP contribution in [0.5, 0.6) is 0 Å². The Morgan fingerprint density at radius 2 is 2.12 bits per heavy atom. The Labute approximate surface area is 100 Å². The normalized spacial score (nSPS) is 11.4. The van der Waals surface area contributed by atoms with E-state index in [-0.39, 0.29) is 5.69 Å². The maximum absolute atomic E-state index is 11.9. The zero-order valence-corrected chi connectivity index (χ0v) is 9.95. The standard InChI is InChI=1S/C9H10F3N3OS/c1-5-14-6(3-7(15-5)17-2)8(16)13-4-9(10,11)12/h3H,4H2,1-2H3,(H,13,16). The summed E-state index contributed by atoms with van der Waals surface area (Å²) in [6, 6.07) is 1.35. The van der Waals surface area contributed by atoms with Crippen LogP contribution in [0.15, 0.2) is 11.1 Å². The molecule has 0 atom stereocenters. The van der Waals surface area contributed by atoms with Gasteiger partial charge >= 0.3 is 6.18 Å². The highest BCUT2D eigenvalue weighted by atomic mass is 32.2. The van der Waals surface area contributed by atoms with Crippen molar-refractivity contribution in [3.8, 4) is 0 Å². The average Bonchev–Trinajstić information content (AvgIpc) is 2.23. The van der Waals surface area contributed by atoms with Gasteiger partial charge in [0.25, 0.3) is 5.91 Å². The fourth-order valence-corrected chi connectivity index (χ4v) is 1.49. The first kappa shape index (κ1) is 13.8. The van der Waals surface area contributed by atoms with Gasteiger partial charge in [-0.15, -0.1) is 11.8 Å². The highest BCUT2D eigenvalue weighted by Gasteiger charge is 2.28. The monoisotopic (exact) mass is 265 g/mol. The van der Waals surface area contributed by atoms with Crippen molar-refractivity contribution in [1.82, 2.24) is 15.3 Å². The smallest absolute Gasteiger partial charge is 0.342 e. The van der Waals surface area contributed by atoms with E-state index in [1.54, 1.807) is 18.5 Å². The van der Waals surface area contributed by atoms with E-state index in [0.717, 1.165) is 0 Å². The molecule has 8 heteroatoms. The molecule has 0 aliphatic carbocycles. The summed E-state index contributed by atoms with van der Waals surface area (Å²) in [6.07, 6.45) is -2.68. The highest BCUT2D eigenvalue weighted by Crippen LogP contribution is 2.14. The number of nitrogens with one attached hydrogen (secondary N) is 1. The molecule has 1 heterocycles. The lowest BCUT2D eigenvalue weighted by Crippen LogP contribution is -2.34. The van der Waals surface area contributed by atoms with Crippen molar-refractivity contribution in [2.75, 3.05) is 12.8 Å². The van der Waals surface area contributed by atoms with Gasteiger partial charge in [-0.3, -0.25) is 4.79 Å². The Bertz CT molecular complexity index is 422. The van der Waals surface area contributed by atoms with E-state index in [2.05, 4.69) is 9.97 Å². The molecule has 1 rings (SSSR count). The van der Waals surface area contributed by atoms with Gasteiger partial charge in [0.05, 0.1) is 0 Å². The lowest BCUT2D eigenvalue weighted by atomic mass is 10.3. The minimum absolute atomic E-state index is 0.0638. The van der Waals surface area contributed by atoms with Crippen LogP contribution >= 0.6 is 11.8 Å². The van der Waals surface area contributed by atoms with Crippen LogP contribution in [0.2, 0.25) is 0 Å². The predicted octanol–water partition coefficient (Wildman–Crippen LogP) is 1.80. The number of rotatable bonds is 3. The Kier molecular flexibility index (Phi) is 4.33. The van der Waals surface area contributed by atoms with Crippen molar-refractivity contribution in [2.24, 2.45) is 0 Å². The van der Waals surface area contributed by atoms with Crippen LogP contribution < -0.4 is 5.32 Å². The lowest BCUT2D eigenvalue weighted by molar-refractivity contribution is -0.123. The Balaban J connectivity index is 2.78. The van der Waals surface area contributed by atoms with Crippen LogP contribution in [0.3, 0.4) is 0 Å². The van der Waals surface area contributed by atoms with Crippen molar-refractivity contribution in [1.29, 1.82) is 0 Å². The molecule has 0 radical (unpaired) electrons. The number of carbonyl (C=O) groups is 1. The second-order valence-corrected chi connectivity index (χ2v) is 3.97. The molecule has 0 saturated heterocycles. The topological polar surface area (TPSA) is 54.9 Å². The summed E-state index contributed by atoms with van der Waals surface area (Å²) in [7, 11) is 0. The zero-order valence-electron chi connectivity index (χ0n) is 9.13. The maximum atomic E-state index is 11.9.